The van der Waals surface area contributed by atoms with Crippen LogP contribution in [0.1, 0.15) is 66.4 Å². The Labute approximate surface area is 196 Å². The molecule has 0 saturated carbocycles. The highest BCUT2D eigenvalue weighted by molar-refractivity contribution is 14.0. The summed E-state index contributed by atoms with van der Waals surface area (Å²) in [7, 11) is 1.77. The van der Waals surface area contributed by atoms with E-state index in [0.717, 1.165) is 36.4 Å². The van der Waals surface area contributed by atoms with E-state index in [9.17, 15) is 4.79 Å². The molecule has 1 saturated heterocycles. The summed E-state index contributed by atoms with van der Waals surface area (Å²) in [6, 6.07) is -0.0407. The largest absolute Gasteiger partial charge is 0.462 e. The van der Waals surface area contributed by atoms with Crippen LogP contribution in [0.5, 0.6) is 0 Å². The second-order valence-corrected chi connectivity index (χ2v) is 8.48. The highest BCUT2D eigenvalue weighted by Crippen LogP contribution is 2.24. The fourth-order valence-electron chi connectivity index (χ4n) is 3.45. The first-order valence-corrected chi connectivity index (χ1v) is 11.1. The van der Waals surface area contributed by atoms with E-state index in [2.05, 4.69) is 32.4 Å². The Balaban J connectivity index is 0.00000420. The van der Waals surface area contributed by atoms with E-state index in [0.29, 0.717) is 17.2 Å². The van der Waals surface area contributed by atoms with Crippen LogP contribution >= 0.6 is 35.3 Å². The van der Waals surface area contributed by atoms with E-state index in [1.54, 1.807) is 14.0 Å². The van der Waals surface area contributed by atoms with Crippen LogP contribution in [0.25, 0.3) is 0 Å². The van der Waals surface area contributed by atoms with Crippen molar-refractivity contribution in [1.29, 1.82) is 0 Å². The number of guanidine groups is 1. The van der Waals surface area contributed by atoms with Crippen molar-refractivity contribution in [2.24, 2.45) is 10.9 Å². The fourth-order valence-corrected chi connectivity index (χ4v) is 4.41. The van der Waals surface area contributed by atoms with Gasteiger partial charge in [0, 0.05) is 20.1 Å². The molecule has 1 aliphatic rings. The summed E-state index contributed by atoms with van der Waals surface area (Å²) in [6.07, 6.45) is 3.76. The minimum atomic E-state index is -0.300. The molecule has 1 aromatic rings. The standard InChI is InChI=1S/C20H35N5O2S.HI/c1-6-27-19(26)17-15(3)23-18(28-17)16(4)24-20(21-5)22-10-8-12-25-11-7-9-14(2)13-25;/h14,16H,6-13H2,1-5H3,(H2,21,22,24);1H. The molecule has 1 aliphatic heterocycles. The number of nitrogens with one attached hydrogen (secondary N) is 2. The number of likely N-dealkylation sites (tertiary alicyclic amines) is 1. The molecule has 0 bridgehead atoms. The molecular formula is C20H36IN5O2S. The first-order chi connectivity index (χ1) is 13.4. The van der Waals surface area contributed by atoms with Crippen molar-refractivity contribution in [3.05, 3.63) is 15.6 Å². The van der Waals surface area contributed by atoms with Crippen LogP contribution in [0.4, 0.5) is 0 Å². The normalized spacial score (nSPS) is 18.7. The van der Waals surface area contributed by atoms with Gasteiger partial charge in [-0.3, -0.25) is 4.99 Å². The highest BCUT2D eigenvalue weighted by atomic mass is 127. The quantitative estimate of drug-likeness (QED) is 0.174. The summed E-state index contributed by atoms with van der Waals surface area (Å²) in [5.74, 6) is 1.27. The predicted molar refractivity (Wildman–Crippen MR) is 131 cm³/mol. The average molecular weight is 538 g/mol. The summed E-state index contributed by atoms with van der Waals surface area (Å²) >= 11 is 1.38. The van der Waals surface area contributed by atoms with E-state index >= 15 is 0 Å². The number of hydrogen-bond donors (Lipinski definition) is 2. The summed E-state index contributed by atoms with van der Waals surface area (Å²) in [6.45, 7) is 12.8. The van der Waals surface area contributed by atoms with Crippen LogP contribution in [0.2, 0.25) is 0 Å². The number of halogens is 1. The third-order valence-corrected chi connectivity index (χ3v) is 6.23. The number of hydrogen-bond acceptors (Lipinski definition) is 6. The van der Waals surface area contributed by atoms with E-state index in [1.807, 2.05) is 13.8 Å². The third-order valence-electron chi connectivity index (χ3n) is 4.91. The lowest BCUT2D eigenvalue weighted by Gasteiger charge is -2.30. The molecule has 2 N–H and O–H groups in total. The number of carbonyl (C=O) groups excluding carboxylic acids is 1. The first kappa shape index (κ1) is 26.1. The number of nitrogens with zero attached hydrogens (tertiary/aromatic N) is 3. The van der Waals surface area contributed by atoms with Gasteiger partial charge in [-0.15, -0.1) is 35.3 Å². The zero-order chi connectivity index (χ0) is 20.5. The van der Waals surface area contributed by atoms with Crippen LogP contribution in [-0.4, -0.2) is 61.6 Å². The minimum absolute atomic E-state index is 0. The van der Waals surface area contributed by atoms with Gasteiger partial charge in [-0.05, 0) is 59.0 Å². The summed E-state index contributed by atoms with van der Waals surface area (Å²) in [5, 5.41) is 7.60. The number of aliphatic imine (C=N–C) groups is 1. The Morgan fingerprint density at radius 3 is 2.90 bits per heavy atom. The molecule has 0 aromatic carbocycles. The first-order valence-electron chi connectivity index (χ1n) is 10.3. The number of aromatic nitrogens is 1. The Bertz CT molecular complexity index is 667. The maximum Gasteiger partial charge on any atom is 0.350 e. The zero-order valence-electron chi connectivity index (χ0n) is 18.3. The molecular weight excluding hydrogens is 501 g/mol. The number of rotatable bonds is 8. The van der Waals surface area contributed by atoms with Crippen LogP contribution in [-0.2, 0) is 4.74 Å². The molecule has 166 valence electrons. The topological polar surface area (TPSA) is 78.8 Å². The van der Waals surface area contributed by atoms with Crippen LogP contribution in [0.3, 0.4) is 0 Å². The minimum Gasteiger partial charge on any atom is -0.462 e. The molecule has 0 amide bonds. The van der Waals surface area contributed by atoms with Crippen molar-refractivity contribution in [1.82, 2.24) is 20.5 Å². The van der Waals surface area contributed by atoms with Crippen LogP contribution in [0, 0.1) is 12.8 Å². The second kappa shape index (κ2) is 13.4. The Morgan fingerprint density at radius 2 is 2.24 bits per heavy atom. The Kier molecular flexibility index (Phi) is 12.0. The lowest BCUT2D eigenvalue weighted by molar-refractivity contribution is 0.0531. The maximum absolute atomic E-state index is 12.0. The van der Waals surface area contributed by atoms with Gasteiger partial charge in [0.2, 0.25) is 0 Å². The number of thiazole rings is 1. The van der Waals surface area contributed by atoms with Gasteiger partial charge in [0.25, 0.3) is 0 Å². The van der Waals surface area contributed by atoms with Crippen molar-refractivity contribution < 1.29 is 9.53 Å². The molecule has 2 rings (SSSR count). The number of ether oxygens (including phenoxy) is 1. The van der Waals surface area contributed by atoms with E-state index in [1.165, 1.54) is 37.3 Å². The second-order valence-electron chi connectivity index (χ2n) is 7.45. The smallest absolute Gasteiger partial charge is 0.350 e. The number of carbonyl (C=O) groups is 1. The zero-order valence-corrected chi connectivity index (χ0v) is 21.4. The van der Waals surface area contributed by atoms with Crippen molar-refractivity contribution >= 4 is 47.2 Å². The average Bonchev–Trinajstić information content (AvgIpc) is 3.06. The molecule has 0 radical (unpaired) electrons. The Hall–Kier alpha value is -0.940. The molecule has 0 spiro atoms. The SMILES string of the molecule is CCOC(=O)c1sc(C(C)NC(=NC)NCCCN2CCCC(C)C2)nc1C.I. The number of esters is 1. The molecule has 2 heterocycles. The summed E-state index contributed by atoms with van der Waals surface area (Å²) in [5.41, 5.74) is 0.714. The van der Waals surface area contributed by atoms with Gasteiger partial charge in [0.1, 0.15) is 9.88 Å². The fraction of sp³-hybridized carbons (Fsp3) is 0.750. The lowest BCUT2D eigenvalue weighted by Crippen LogP contribution is -2.41. The van der Waals surface area contributed by atoms with Gasteiger partial charge in [-0.2, -0.15) is 0 Å². The monoisotopic (exact) mass is 537 g/mol. The predicted octanol–water partition coefficient (Wildman–Crippen LogP) is 3.59. The van der Waals surface area contributed by atoms with Crippen LogP contribution in [0.15, 0.2) is 4.99 Å². The van der Waals surface area contributed by atoms with Crippen molar-refractivity contribution in [2.75, 3.05) is 39.8 Å². The molecule has 29 heavy (non-hydrogen) atoms. The van der Waals surface area contributed by atoms with Gasteiger partial charge in [0.05, 0.1) is 18.3 Å². The van der Waals surface area contributed by atoms with E-state index in [-0.39, 0.29) is 36.0 Å². The number of piperidine rings is 1. The van der Waals surface area contributed by atoms with Crippen molar-refractivity contribution in [3.8, 4) is 0 Å². The van der Waals surface area contributed by atoms with E-state index < -0.39 is 0 Å². The van der Waals surface area contributed by atoms with Gasteiger partial charge < -0.3 is 20.3 Å². The molecule has 9 heteroatoms. The molecule has 1 fully saturated rings. The highest BCUT2D eigenvalue weighted by Gasteiger charge is 2.20. The van der Waals surface area contributed by atoms with Crippen molar-refractivity contribution in [2.45, 2.75) is 53.0 Å². The van der Waals surface area contributed by atoms with Gasteiger partial charge in [-0.1, -0.05) is 6.92 Å². The van der Waals surface area contributed by atoms with Crippen molar-refractivity contribution in [3.63, 3.8) is 0 Å². The molecule has 0 aliphatic carbocycles. The molecule has 7 nitrogen and oxygen atoms in total. The molecule has 2 atom stereocenters. The molecule has 2 unspecified atom stereocenters. The van der Waals surface area contributed by atoms with Crippen LogP contribution < -0.4 is 10.6 Å². The summed E-state index contributed by atoms with van der Waals surface area (Å²) < 4.78 is 5.10. The lowest BCUT2D eigenvalue weighted by atomic mass is 10.0. The maximum atomic E-state index is 12.0. The van der Waals surface area contributed by atoms with Gasteiger partial charge in [-0.25, -0.2) is 9.78 Å². The summed E-state index contributed by atoms with van der Waals surface area (Å²) in [4.78, 5) is 24.0. The Morgan fingerprint density at radius 1 is 1.48 bits per heavy atom. The molecule has 1 aromatic heterocycles. The van der Waals surface area contributed by atoms with E-state index in [4.69, 9.17) is 4.74 Å². The van der Waals surface area contributed by atoms with Gasteiger partial charge in [0.15, 0.2) is 5.96 Å². The van der Waals surface area contributed by atoms with Gasteiger partial charge >= 0.3 is 5.97 Å². The third kappa shape index (κ3) is 8.37. The number of aryl methyl sites for hydroxylation is 1.